The minimum atomic E-state index is 0.237. The summed E-state index contributed by atoms with van der Waals surface area (Å²) in [5.74, 6) is 0.237. The highest BCUT2D eigenvalue weighted by atomic mass is 35.5. The first kappa shape index (κ1) is 13.8. The number of fused-ring (bicyclic) bond motifs is 1. The highest BCUT2D eigenvalue weighted by Crippen LogP contribution is 2.28. The molecule has 1 N–H and O–H groups in total. The molecule has 23 heavy (non-hydrogen) atoms. The van der Waals surface area contributed by atoms with Gasteiger partial charge in [-0.1, -0.05) is 29.8 Å². The van der Waals surface area contributed by atoms with E-state index >= 15 is 0 Å². The highest BCUT2D eigenvalue weighted by molar-refractivity contribution is 6.33. The molecule has 4 nitrogen and oxygen atoms in total. The van der Waals surface area contributed by atoms with Gasteiger partial charge >= 0.3 is 0 Å². The van der Waals surface area contributed by atoms with Crippen molar-refractivity contribution in [1.82, 2.24) is 14.4 Å². The fraction of sp³-hybridized carbons (Fsp3) is 0. The topological polar surface area (TPSA) is 50.4 Å². The van der Waals surface area contributed by atoms with E-state index in [-0.39, 0.29) is 5.75 Å². The Morgan fingerprint density at radius 1 is 0.913 bits per heavy atom. The first-order valence-corrected chi connectivity index (χ1v) is 7.47. The van der Waals surface area contributed by atoms with E-state index in [1.165, 1.54) is 0 Å². The molecule has 0 saturated heterocycles. The summed E-state index contributed by atoms with van der Waals surface area (Å²) in [7, 11) is 0. The van der Waals surface area contributed by atoms with E-state index in [1.54, 1.807) is 24.5 Å². The van der Waals surface area contributed by atoms with E-state index in [4.69, 9.17) is 11.6 Å². The molecular weight excluding hydrogens is 310 g/mol. The van der Waals surface area contributed by atoms with Crippen LogP contribution in [-0.2, 0) is 0 Å². The van der Waals surface area contributed by atoms with Crippen LogP contribution in [0.2, 0.25) is 5.02 Å². The molecule has 2 aromatic carbocycles. The first-order chi connectivity index (χ1) is 11.2. The third-order valence-corrected chi connectivity index (χ3v) is 4.04. The van der Waals surface area contributed by atoms with Crippen LogP contribution in [0.3, 0.4) is 0 Å². The number of aromatic hydroxyl groups is 1. The van der Waals surface area contributed by atoms with Crippen molar-refractivity contribution < 1.29 is 5.11 Å². The second-order valence-electron chi connectivity index (χ2n) is 5.17. The van der Waals surface area contributed by atoms with Gasteiger partial charge in [0.1, 0.15) is 5.75 Å². The fourth-order valence-corrected chi connectivity index (χ4v) is 2.78. The van der Waals surface area contributed by atoms with E-state index in [0.717, 1.165) is 28.2 Å². The number of rotatable bonds is 2. The number of imidazole rings is 1. The van der Waals surface area contributed by atoms with Crippen molar-refractivity contribution in [2.75, 3.05) is 0 Å². The van der Waals surface area contributed by atoms with Gasteiger partial charge in [-0.25, -0.2) is 4.98 Å². The molecule has 2 heterocycles. The lowest BCUT2D eigenvalue weighted by molar-refractivity contribution is 0.475. The van der Waals surface area contributed by atoms with Crippen LogP contribution in [0.15, 0.2) is 67.1 Å². The van der Waals surface area contributed by atoms with Crippen molar-refractivity contribution in [1.29, 1.82) is 0 Å². The maximum absolute atomic E-state index is 9.44. The predicted molar refractivity (Wildman–Crippen MR) is 90.5 cm³/mol. The maximum Gasteiger partial charge on any atom is 0.155 e. The Balaban J connectivity index is 1.90. The fourth-order valence-electron chi connectivity index (χ4n) is 2.54. The number of aromatic nitrogens is 3. The number of hydrogen-bond acceptors (Lipinski definition) is 3. The van der Waals surface area contributed by atoms with Crippen molar-refractivity contribution in [2.45, 2.75) is 0 Å². The Bertz CT molecular complexity index is 993. The molecule has 0 aliphatic heterocycles. The van der Waals surface area contributed by atoms with Gasteiger partial charge in [0, 0.05) is 17.3 Å². The molecule has 0 amide bonds. The molecule has 5 heteroatoms. The Labute approximate surface area is 137 Å². The number of hydrogen-bond donors (Lipinski definition) is 1. The van der Waals surface area contributed by atoms with E-state index in [9.17, 15) is 5.11 Å². The van der Waals surface area contributed by atoms with Crippen molar-refractivity contribution in [3.05, 3.63) is 72.1 Å². The summed E-state index contributed by atoms with van der Waals surface area (Å²) in [5, 5.41) is 10.1. The summed E-state index contributed by atoms with van der Waals surface area (Å²) >= 11 is 6.27. The largest absolute Gasteiger partial charge is 0.508 e. The Kier molecular flexibility index (Phi) is 3.24. The van der Waals surface area contributed by atoms with Crippen LogP contribution in [0, 0.1) is 0 Å². The van der Waals surface area contributed by atoms with E-state index in [1.807, 2.05) is 47.0 Å². The van der Waals surface area contributed by atoms with Crippen LogP contribution in [0.4, 0.5) is 0 Å². The highest BCUT2D eigenvalue weighted by Gasteiger charge is 2.10. The Morgan fingerprint density at radius 2 is 1.70 bits per heavy atom. The van der Waals surface area contributed by atoms with Gasteiger partial charge in [0.15, 0.2) is 5.65 Å². The molecule has 0 saturated carbocycles. The van der Waals surface area contributed by atoms with E-state index in [0.29, 0.717) is 5.02 Å². The first-order valence-electron chi connectivity index (χ1n) is 7.10. The zero-order valence-electron chi connectivity index (χ0n) is 12.0. The third-order valence-electron chi connectivity index (χ3n) is 3.71. The average molecular weight is 322 g/mol. The number of phenols is 1. The molecule has 0 aliphatic rings. The van der Waals surface area contributed by atoms with Crippen LogP contribution in [0.1, 0.15) is 0 Å². The normalized spacial score (nSPS) is 11.0. The summed E-state index contributed by atoms with van der Waals surface area (Å²) in [6, 6.07) is 14.6. The summed E-state index contributed by atoms with van der Waals surface area (Å²) < 4.78 is 1.97. The second-order valence-corrected chi connectivity index (χ2v) is 5.58. The minimum absolute atomic E-state index is 0.237. The van der Waals surface area contributed by atoms with Crippen molar-refractivity contribution >= 4 is 17.2 Å². The molecule has 0 bridgehead atoms. The molecule has 0 fully saturated rings. The van der Waals surface area contributed by atoms with Crippen LogP contribution < -0.4 is 0 Å². The molecule has 0 radical (unpaired) electrons. The quantitative estimate of drug-likeness (QED) is 0.594. The SMILES string of the molecule is Oc1ccc(-c2cnc3cnc(-c4ccccc4Cl)cn23)cc1. The standard InChI is InChI=1S/C18H12ClN3O/c19-15-4-2-1-3-14(15)16-11-22-17(9-21-18(22)10-20-16)12-5-7-13(23)8-6-12/h1-11,23H. The van der Waals surface area contributed by atoms with Gasteiger partial charge in [-0.05, 0) is 30.3 Å². The molecule has 0 atom stereocenters. The Morgan fingerprint density at radius 3 is 2.48 bits per heavy atom. The lowest BCUT2D eigenvalue weighted by Gasteiger charge is -2.06. The summed E-state index contributed by atoms with van der Waals surface area (Å²) in [6.07, 6.45) is 5.44. The number of halogens is 1. The predicted octanol–water partition coefficient (Wildman–Crippen LogP) is 4.42. The molecule has 4 rings (SSSR count). The zero-order chi connectivity index (χ0) is 15.8. The lowest BCUT2D eigenvalue weighted by Crippen LogP contribution is -1.93. The van der Waals surface area contributed by atoms with Crippen LogP contribution >= 0.6 is 11.6 Å². The van der Waals surface area contributed by atoms with Crippen molar-refractivity contribution in [3.63, 3.8) is 0 Å². The smallest absolute Gasteiger partial charge is 0.155 e. The maximum atomic E-state index is 9.44. The van der Waals surface area contributed by atoms with Crippen molar-refractivity contribution in [2.24, 2.45) is 0 Å². The number of benzene rings is 2. The van der Waals surface area contributed by atoms with Crippen LogP contribution in [0.25, 0.3) is 28.2 Å². The molecule has 2 aromatic heterocycles. The number of phenolic OH excluding ortho intramolecular Hbond substituents is 1. The Hall–Kier alpha value is -2.85. The number of nitrogens with zero attached hydrogens (tertiary/aromatic N) is 3. The molecule has 0 unspecified atom stereocenters. The molecule has 0 aliphatic carbocycles. The lowest BCUT2D eigenvalue weighted by atomic mass is 10.1. The zero-order valence-corrected chi connectivity index (χ0v) is 12.8. The monoisotopic (exact) mass is 321 g/mol. The molecule has 112 valence electrons. The van der Waals surface area contributed by atoms with Crippen LogP contribution in [0.5, 0.6) is 5.75 Å². The van der Waals surface area contributed by atoms with E-state index in [2.05, 4.69) is 9.97 Å². The van der Waals surface area contributed by atoms with Gasteiger partial charge in [-0.2, -0.15) is 0 Å². The summed E-state index contributed by atoms with van der Waals surface area (Å²) in [4.78, 5) is 8.83. The summed E-state index contributed by atoms with van der Waals surface area (Å²) in [5.41, 5.74) is 4.30. The third kappa shape index (κ3) is 2.43. The molecular formula is C18H12ClN3O. The van der Waals surface area contributed by atoms with Gasteiger partial charge < -0.3 is 5.11 Å². The summed E-state index contributed by atoms with van der Waals surface area (Å²) in [6.45, 7) is 0. The van der Waals surface area contributed by atoms with Gasteiger partial charge in [0.2, 0.25) is 0 Å². The second kappa shape index (κ2) is 5.41. The molecule has 4 aromatic rings. The van der Waals surface area contributed by atoms with Crippen LogP contribution in [-0.4, -0.2) is 19.5 Å². The van der Waals surface area contributed by atoms with E-state index < -0.39 is 0 Å². The van der Waals surface area contributed by atoms with Gasteiger partial charge in [0.05, 0.1) is 28.8 Å². The minimum Gasteiger partial charge on any atom is -0.508 e. The van der Waals surface area contributed by atoms with Crippen molar-refractivity contribution in [3.8, 4) is 28.3 Å². The molecule has 0 spiro atoms. The van der Waals surface area contributed by atoms with Gasteiger partial charge in [-0.3, -0.25) is 9.38 Å². The van der Waals surface area contributed by atoms with Gasteiger partial charge in [-0.15, -0.1) is 0 Å². The average Bonchev–Trinajstić information content (AvgIpc) is 2.99. The van der Waals surface area contributed by atoms with Gasteiger partial charge in [0.25, 0.3) is 0 Å².